The van der Waals surface area contributed by atoms with Gasteiger partial charge in [0, 0.05) is 4.47 Å². The molecular formula is C13H19BrN2O2S3. The van der Waals surface area contributed by atoms with Crippen molar-refractivity contribution in [2.75, 3.05) is 0 Å². The quantitative estimate of drug-likeness (QED) is 0.729. The van der Waals surface area contributed by atoms with Gasteiger partial charge in [-0.05, 0) is 59.0 Å². The van der Waals surface area contributed by atoms with E-state index in [2.05, 4.69) is 27.6 Å². The van der Waals surface area contributed by atoms with E-state index < -0.39 is 15.6 Å². The molecule has 0 aliphatic heterocycles. The lowest BCUT2D eigenvalue weighted by Gasteiger charge is -2.39. The molecule has 0 atom stereocenters. The summed E-state index contributed by atoms with van der Waals surface area (Å²) in [5, 5.41) is 1.74. The third-order valence-electron chi connectivity index (χ3n) is 4.17. The number of nitrogens with one attached hydrogen (secondary N) is 1. The fourth-order valence-electron chi connectivity index (χ4n) is 2.75. The minimum Gasteiger partial charge on any atom is -0.392 e. The number of halogens is 1. The first-order valence-corrected chi connectivity index (χ1v) is 10.4. The molecule has 3 N–H and O–H groups in total. The Bertz CT molecular complexity index is 619. The third-order valence-corrected chi connectivity index (χ3v) is 8.76. The molecule has 1 fully saturated rings. The maximum Gasteiger partial charge on any atom is 0.252 e. The second kappa shape index (κ2) is 6.62. The summed E-state index contributed by atoms with van der Waals surface area (Å²) in [7, 11) is -3.62. The van der Waals surface area contributed by atoms with Crippen molar-refractivity contribution in [2.24, 2.45) is 11.7 Å². The van der Waals surface area contributed by atoms with Crippen LogP contribution < -0.4 is 10.5 Å². The second-order valence-corrected chi connectivity index (χ2v) is 9.55. The summed E-state index contributed by atoms with van der Waals surface area (Å²) in [4.78, 5) is 0.244. The van der Waals surface area contributed by atoms with E-state index in [1.165, 1.54) is 11.3 Å². The minimum atomic E-state index is -3.62. The minimum absolute atomic E-state index is 0.244. The Morgan fingerprint density at radius 1 is 1.57 bits per heavy atom. The SMILES string of the molecule is CCC1CCC(NS(=O)(=O)c2sccc2Br)(C(N)=S)CC1. The van der Waals surface area contributed by atoms with Crippen molar-refractivity contribution in [2.45, 2.75) is 48.8 Å². The molecule has 1 aliphatic rings. The normalized spacial score (nSPS) is 26.7. The summed E-state index contributed by atoms with van der Waals surface area (Å²) in [6, 6.07) is 1.72. The van der Waals surface area contributed by atoms with Crippen molar-refractivity contribution in [3.8, 4) is 0 Å². The zero-order valence-electron chi connectivity index (χ0n) is 11.8. The average Bonchev–Trinajstić information content (AvgIpc) is 2.86. The number of sulfonamides is 1. The number of hydrogen-bond acceptors (Lipinski definition) is 4. The molecule has 118 valence electrons. The summed E-state index contributed by atoms with van der Waals surface area (Å²) in [6.45, 7) is 2.16. The molecule has 21 heavy (non-hydrogen) atoms. The van der Waals surface area contributed by atoms with Gasteiger partial charge in [-0.15, -0.1) is 11.3 Å². The molecule has 8 heteroatoms. The molecule has 1 saturated carbocycles. The molecular weight excluding hydrogens is 392 g/mol. The molecule has 4 nitrogen and oxygen atoms in total. The molecule has 0 spiro atoms. The summed E-state index contributed by atoms with van der Waals surface area (Å²) in [6.07, 6.45) is 4.34. The highest BCUT2D eigenvalue weighted by atomic mass is 79.9. The van der Waals surface area contributed by atoms with Crippen LogP contribution in [0.25, 0.3) is 0 Å². The van der Waals surface area contributed by atoms with E-state index in [-0.39, 0.29) is 9.20 Å². The highest BCUT2D eigenvalue weighted by molar-refractivity contribution is 9.10. The Labute approximate surface area is 143 Å². The Morgan fingerprint density at radius 2 is 2.19 bits per heavy atom. The second-order valence-electron chi connectivity index (χ2n) is 5.46. The molecule has 1 aliphatic carbocycles. The van der Waals surface area contributed by atoms with Gasteiger partial charge in [-0.2, -0.15) is 4.72 Å². The van der Waals surface area contributed by atoms with Crippen LogP contribution in [0.2, 0.25) is 0 Å². The molecule has 0 bridgehead atoms. The van der Waals surface area contributed by atoms with Gasteiger partial charge in [0.2, 0.25) is 0 Å². The van der Waals surface area contributed by atoms with Gasteiger partial charge in [0.25, 0.3) is 10.0 Å². The largest absolute Gasteiger partial charge is 0.392 e. The first kappa shape index (κ1) is 17.3. The van der Waals surface area contributed by atoms with Crippen LogP contribution in [0.3, 0.4) is 0 Å². The van der Waals surface area contributed by atoms with E-state index in [1.54, 1.807) is 11.4 Å². The van der Waals surface area contributed by atoms with Gasteiger partial charge in [0.1, 0.15) is 4.21 Å². The van der Waals surface area contributed by atoms with E-state index in [0.29, 0.717) is 23.2 Å². The van der Waals surface area contributed by atoms with Gasteiger partial charge < -0.3 is 5.73 Å². The third kappa shape index (κ3) is 3.67. The van der Waals surface area contributed by atoms with Crippen molar-refractivity contribution in [1.29, 1.82) is 0 Å². The molecule has 1 aromatic rings. The van der Waals surface area contributed by atoms with E-state index in [1.807, 2.05) is 0 Å². The fraction of sp³-hybridized carbons (Fsp3) is 0.615. The van der Waals surface area contributed by atoms with Crippen molar-refractivity contribution < 1.29 is 8.42 Å². The highest BCUT2D eigenvalue weighted by Crippen LogP contribution is 2.36. The Morgan fingerprint density at radius 3 is 2.62 bits per heavy atom. The molecule has 0 saturated heterocycles. The van der Waals surface area contributed by atoms with Crippen LogP contribution >= 0.6 is 39.5 Å². The van der Waals surface area contributed by atoms with Gasteiger partial charge in [0.15, 0.2) is 0 Å². The lowest BCUT2D eigenvalue weighted by Crippen LogP contribution is -2.58. The number of thiocarbonyl (C=S) groups is 1. The van der Waals surface area contributed by atoms with Crippen molar-refractivity contribution in [1.82, 2.24) is 4.72 Å². The topological polar surface area (TPSA) is 72.2 Å². The smallest absolute Gasteiger partial charge is 0.252 e. The van der Waals surface area contributed by atoms with Gasteiger partial charge in [-0.25, -0.2) is 8.42 Å². The van der Waals surface area contributed by atoms with Crippen molar-refractivity contribution in [3.05, 3.63) is 15.9 Å². The zero-order chi connectivity index (χ0) is 15.7. The Kier molecular flexibility index (Phi) is 5.46. The number of thiophene rings is 1. The molecule has 1 aromatic heterocycles. The van der Waals surface area contributed by atoms with Crippen molar-refractivity contribution in [3.63, 3.8) is 0 Å². The summed E-state index contributed by atoms with van der Waals surface area (Å²) in [5.74, 6) is 0.630. The highest BCUT2D eigenvalue weighted by Gasteiger charge is 2.41. The monoisotopic (exact) mass is 410 g/mol. The van der Waals surface area contributed by atoms with E-state index in [9.17, 15) is 8.42 Å². The average molecular weight is 411 g/mol. The standard InChI is InChI=1S/C13H19BrN2O2S3/c1-2-9-3-6-13(7-4-9,12(15)19)16-21(17,18)11-10(14)5-8-20-11/h5,8-9,16H,2-4,6-7H2,1H3,(H2,15,19). The summed E-state index contributed by atoms with van der Waals surface area (Å²) < 4.78 is 28.8. The lowest BCUT2D eigenvalue weighted by molar-refractivity contribution is 0.269. The van der Waals surface area contributed by atoms with Crippen LogP contribution in [-0.4, -0.2) is 18.9 Å². The molecule has 2 rings (SSSR count). The predicted octanol–water partition coefficient (Wildman–Crippen LogP) is 3.41. The van der Waals surface area contributed by atoms with Crippen LogP contribution in [0.5, 0.6) is 0 Å². The molecule has 0 aromatic carbocycles. The van der Waals surface area contributed by atoms with E-state index in [4.69, 9.17) is 18.0 Å². The van der Waals surface area contributed by atoms with Gasteiger partial charge in [-0.1, -0.05) is 25.6 Å². The van der Waals surface area contributed by atoms with E-state index >= 15 is 0 Å². The number of hydrogen-bond donors (Lipinski definition) is 2. The van der Waals surface area contributed by atoms with Crippen LogP contribution in [0.4, 0.5) is 0 Å². The Hall–Kier alpha value is -0.0200. The zero-order valence-corrected chi connectivity index (χ0v) is 15.8. The van der Waals surface area contributed by atoms with Gasteiger partial charge in [0.05, 0.1) is 10.5 Å². The first-order valence-electron chi connectivity index (χ1n) is 6.87. The molecule has 0 radical (unpaired) electrons. The molecule has 0 unspecified atom stereocenters. The van der Waals surface area contributed by atoms with Crippen LogP contribution in [0, 0.1) is 5.92 Å². The maximum atomic E-state index is 12.6. The summed E-state index contributed by atoms with van der Waals surface area (Å²) in [5.41, 5.74) is 5.10. The van der Waals surface area contributed by atoms with Crippen molar-refractivity contribution >= 4 is 54.5 Å². The number of nitrogens with two attached hydrogens (primary N) is 1. The predicted molar refractivity (Wildman–Crippen MR) is 94.1 cm³/mol. The molecule has 1 heterocycles. The van der Waals surface area contributed by atoms with Crippen LogP contribution in [-0.2, 0) is 10.0 Å². The fourth-order valence-corrected chi connectivity index (χ4v) is 6.85. The van der Waals surface area contributed by atoms with E-state index in [0.717, 1.165) is 19.3 Å². The Balaban J connectivity index is 2.26. The van der Waals surface area contributed by atoms with Gasteiger partial charge in [-0.3, -0.25) is 0 Å². The first-order chi connectivity index (χ1) is 9.81. The number of rotatable bonds is 5. The van der Waals surface area contributed by atoms with Gasteiger partial charge >= 0.3 is 0 Å². The lowest BCUT2D eigenvalue weighted by atomic mass is 9.76. The maximum absolute atomic E-state index is 12.6. The van der Waals surface area contributed by atoms with Crippen LogP contribution in [0.1, 0.15) is 39.0 Å². The van der Waals surface area contributed by atoms with Crippen LogP contribution in [0.15, 0.2) is 20.1 Å². The molecule has 0 amide bonds. The summed E-state index contributed by atoms with van der Waals surface area (Å²) >= 11 is 9.62.